The summed E-state index contributed by atoms with van der Waals surface area (Å²) in [5, 5.41) is 0. The van der Waals surface area contributed by atoms with Crippen molar-refractivity contribution in [1.29, 1.82) is 0 Å². The molecule has 2 atom stereocenters. The van der Waals surface area contributed by atoms with Crippen LogP contribution in [0.3, 0.4) is 0 Å². The predicted octanol–water partition coefficient (Wildman–Crippen LogP) is 3.36. The topological polar surface area (TPSA) is 37.4 Å². The average molecular weight is 311 g/mol. The zero-order valence-corrected chi connectivity index (χ0v) is 14.3. The van der Waals surface area contributed by atoms with Gasteiger partial charge >= 0.3 is 0 Å². The van der Waals surface area contributed by atoms with Crippen LogP contribution < -0.4 is 0 Å². The number of hydrogen-bond donors (Lipinski definition) is 0. The van der Waals surface area contributed by atoms with Crippen LogP contribution in [0.2, 0.25) is 0 Å². The third-order valence-electron chi connectivity index (χ3n) is 7.53. The maximum absolute atomic E-state index is 13.5. The largest absolute Gasteiger partial charge is 0.338 e. The molecule has 3 aliphatic rings. The van der Waals surface area contributed by atoms with E-state index in [0.717, 1.165) is 25.8 Å². The van der Waals surface area contributed by atoms with E-state index in [2.05, 4.69) is 39.0 Å². The number of fused-ring (bicyclic) bond motifs is 3. The summed E-state index contributed by atoms with van der Waals surface area (Å²) >= 11 is 0. The van der Waals surface area contributed by atoms with E-state index < -0.39 is 5.41 Å². The van der Waals surface area contributed by atoms with Crippen LogP contribution >= 0.6 is 0 Å². The van der Waals surface area contributed by atoms with E-state index in [1.54, 1.807) is 0 Å². The third kappa shape index (κ3) is 1.66. The number of benzene rings is 1. The van der Waals surface area contributed by atoms with Crippen LogP contribution in [0.15, 0.2) is 24.3 Å². The molecule has 2 fully saturated rings. The Labute approximate surface area is 138 Å². The van der Waals surface area contributed by atoms with E-state index in [1.165, 1.54) is 11.1 Å². The number of carbonyl (C=O) groups excluding carboxylic acids is 2. The highest BCUT2D eigenvalue weighted by molar-refractivity contribution is 5.99. The van der Waals surface area contributed by atoms with Gasteiger partial charge < -0.3 is 4.90 Å². The van der Waals surface area contributed by atoms with Crippen LogP contribution in [0.5, 0.6) is 0 Å². The van der Waals surface area contributed by atoms with E-state index in [0.29, 0.717) is 18.7 Å². The van der Waals surface area contributed by atoms with Gasteiger partial charge in [0.15, 0.2) is 0 Å². The Hall–Kier alpha value is -1.64. The Balaban J connectivity index is 1.67. The lowest BCUT2D eigenvalue weighted by Crippen LogP contribution is -2.50. The van der Waals surface area contributed by atoms with Gasteiger partial charge in [0, 0.05) is 24.9 Å². The molecule has 2 saturated carbocycles. The molecule has 122 valence electrons. The number of hydrogen-bond acceptors (Lipinski definition) is 2. The van der Waals surface area contributed by atoms with Crippen molar-refractivity contribution in [1.82, 2.24) is 4.90 Å². The molecule has 3 nitrogen and oxygen atoms in total. The first-order valence-corrected chi connectivity index (χ1v) is 8.71. The second kappa shape index (κ2) is 4.46. The molecule has 0 N–H and O–H groups in total. The molecule has 0 spiro atoms. The number of Topliss-reactive ketones (excluding diaryl/α,β-unsaturated/α-hetero) is 1. The van der Waals surface area contributed by atoms with Gasteiger partial charge in [-0.15, -0.1) is 0 Å². The number of carbonyl (C=O) groups is 2. The van der Waals surface area contributed by atoms with Gasteiger partial charge in [-0.2, -0.15) is 0 Å². The zero-order valence-electron chi connectivity index (χ0n) is 14.3. The van der Waals surface area contributed by atoms with Crippen LogP contribution in [-0.4, -0.2) is 23.1 Å². The van der Waals surface area contributed by atoms with Gasteiger partial charge in [0.25, 0.3) is 0 Å². The molecule has 2 aliphatic carbocycles. The summed E-state index contributed by atoms with van der Waals surface area (Å²) < 4.78 is 0. The van der Waals surface area contributed by atoms with E-state index in [4.69, 9.17) is 0 Å². The van der Waals surface area contributed by atoms with Crippen LogP contribution in [-0.2, 0) is 22.6 Å². The van der Waals surface area contributed by atoms with Crippen molar-refractivity contribution >= 4 is 11.7 Å². The normalized spacial score (nSPS) is 34.6. The Bertz CT molecular complexity index is 707. The fraction of sp³-hybridized carbons (Fsp3) is 0.600. The van der Waals surface area contributed by atoms with Crippen molar-refractivity contribution < 1.29 is 9.59 Å². The lowest BCUT2D eigenvalue weighted by atomic mass is 9.64. The maximum atomic E-state index is 13.5. The first kappa shape index (κ1) is 14.9. The van der Waals surface area contributed by atoms with E-state index in [1.807, 2.05) is 11.0 Å². The lowest BCUT2D eigenvalue weighted by Gasteiger charge is -2.42. The molecular formula is C20H25NO2. The molecule has 0 saturated heterocycles. The van der Waals surface area contributed by atoms with Crippen LogP contribution in [0.25, 0.3) is 0 Å². The summed E-state index contributed by atoms with van der Waals surface area (Å²) in [5.41, 5.74) is 1.56. The van der Waals surface area contributed by atoms with Gasteiger partial charge in [0.2, 0.25) is 5.91 Å². The fourth-order valence-electron chi connectivity index (χ4n) is 5.30. The molecule has 23 heavy (non-hydrogen) atoms. The maximum Gasteiger partial charge on any atom is 0.230 e. The van der Waals surface area contributed by atoms with Crippen molar-refractivity contribution in [2.24, 2.45) is 16.2 Å². The van der Waals surface area contributed by atoms with Crippen molar-refractivity contribution in [3.05, 3.63) is 35.4 Å². The number of nitrogens with zero attached hydrogens (tertiary/aromatic N) is 1. The summed E-state index contributed by atoms with van der Waals surface area (Å²) in [6.45, 7) is 7.82. The lowest BCUT2D eigenvalue weighted by molar-refractivity contribution is -0.148. The summed E-state index contributed by atoms with van der Waals surface area (Å²) in [5.74, 6) is 0.506. The molecule has 3 heteroatoms. The smallest absolute Gasteiger partial charge is 0.230 e. The Kier molecular flexibility index (Phi) is 2.89. The van der Waals surface area contributed by atoms with E-state index >= 15 is 0 Å². The van der Waals surface area contributed by atoms with Crippen molar-refractivity contribution in [2.75, 3.05) is 6.54 Å². The minimum atomic E-state index is -0.481. The summed E-state index contributed by atoms with van der Waals surface area (Å²) in [7, 11) is 0. The molecule has 4 rings (SSSR count). The summed E-state index contributed by atoms with van der Waals surface area (Å²) in [4.78, 5) is 28.1. The monoisotopic (exact) mass is 311 g/mol. The summed E-state index contributed by atoms with van der Waals surface area (Å²) in [6.07, 6.45) is 3.07. The zero-order chi connectivity index (χ0) is 16.5. The van der Waals surface area contributed by atoms with Crippen molar-refractivity contribution in [2.45, 2.75) is 53.0 Å². The second-order valence-electron chi connectivity index (χ2n) is 8.38. The molecular weight excluding hydrogens is 286 g/mol. The second-order valence-corrected chi connectivity index (χ2v) is 8.38. The molecule has 0 unspecified atom stereocenters. The predicted molar refractivity (Wildman–Crippen MR) is 88.7 cm³/mol. The van der Waals surface area contributed by atoms with Gasteiger partial charge in [-0.3, -0.25) is 9.59 Å². The van der Waals surface area contributed by atoms with E-state index in [-0.39, 0.29) is 16.7 Å². The molecule has 1 heterocycles. The van der Waals surface area contributed by atoms with E-state index in [9.17, 15) is 9.59 Å². The highest BCUT2D eigenvalue weighted by Gasteiger charge is 2.73. The van der Waals surface area contributed by atoms with Gasteiger partial charge in [0.05, 0.1) is 5.41 Å². The van der Waals surface area contributed by atoms with Gasteiger partial charge in [0.1, 0.15) is 5.78 Å². The van der Waals surface area contributed by atoms with Gasteiger partial charge in [-0.05, 0) is 35.8 Å². The molecule has 0 aromatic heterocycles. The Morgan fingerprint density at radius 3 is 2.39 bits per heavy atom. The first-order valence-electron chi connectivity index (χ1n) is 8.71. The van der Waals surface area contributed by atoms with Crippen molar-refractivity contribution in [3.63, 3.8) is 0 Å². The quantitative estimate of drug-likeness (QED) is 0.797. The number of ketones is 1. The summed E-state index contributed by atoms with van der Waals surface area (Å²) in [6, 6.07) is 8.39. The average Bonchev–Trinajstić information content (AvgIpc) is 2.84. The molecule has 1 amide bonds. The highest BCUT2D eigenvalue weighted by Crippen LogP contribution is 2.71. The van der Waals surface area contributed by atoms with Gasteiger partial charge in [-0.1, -0.05) is 45.0 Å². The molecule has 1 aromatic rings. The number of rotatable bonds is 1. The minimum Gasteiger partial charge on any atom is -0.338 e. The Morgan fingerprint density at radius 1 is 1.09 bits per heavy atom. The fourth-order valence-corrected chi connectivity index (χ4v) is 5.30. The first-order chi connectivity index (χ1) is 10.8. The van der Waals surface area contributed by atoms with Crippen LogP contribution in [0.1, 0.15) is 51.2 Å². The van der Waals surface area contributed by atoms with Gasteiger partial charge in [-0.25, -0.2) is 0 Å². The minimum absolute atomic E-state index is 0.214. The molecule has 2 bridgehead atoms. The molecule has 1 aromatic carbocycles. The standard InChI is InChI=1S/C20H25NO2/c1-18(2)19(3)9-10-20(18,12-16(19)22)17(23)21-11-8-14-6-4-5-7-15(14)13-21/h4-7H,8-13H2,1-3H3/t19-,20+/m1/s1. The van der Waals surface area contributed by atoms with Crippen LogP contribution in [0, 0.1) is 16.2 Å². The molecule has 0 radical (unpaired) electrons. The van der Waals surface area contributed by atoms with Crippen LogP contribution in [0.4, 0.5) is 0 Å². The molecule has 1 aliphatic heterocycles. The Morgan fingerprint density at radius 2 is 1.78 bits per heavy atom. The number of amides is 1. The third-order valence-corrected chi connectivity index (χ3v) is 7.53. The highest BCUT2D eigenvalue weighted by atomic mass is 16.2. The SMILES string of the molecule is CC1(C)[C@@]2(C(=O)N3CCc4ccccc4C3)CC[C@]1(C)C(=O)C2. The van der Waals surface area contributed by atoms with Crippen molar-refractivity contribution in [3.8, 4) is 0 Å².